The van der Waals surface area contributed by atoms with Crippen LogP contribution in [0, 0.1) is 5.82 Å². The van der Waals surface area contributed by atoms with Crippen molar-refractivity contribution in [2.75, 3.05) is 12.4 Å². The number of hydrogen-bond donors (Lipinski definition) is 3. The molecule has 0 aromatic heterocycles. The second-order valence-corrected chi connectivity index (χ2v) is 6.16. The van der Waals surface area contributed by atoms with Crippen LogP contribution in [-0.4, -0.2) is 30.2 Å². The number of ether oxygens (including phenoxy) is 1. The minimum atomic E-state index is -0.468. The Morgan fingerprint density at radius 1 is 0.967 bits per heavy atom. The first-order valence-electron chi connectivity index (χ1n) is 8.83. The summed E-state index contributed by atoms with van der Waals surface area (Å²) in [5, 5.41) is 16.3. The van der Waals surface area contributed by atoms with E-state index in [9.17, 15) is 19.1 Å². The van der Waals surface area contributed by atoms with Gasteiger partial charge in [-0.1, -0.05) is 0 Å². The van der Waals surface area contributed by atoms with Gasteiger partial charge in [-0.05, 0) is 66.7 Å². The smallest absolute Gasteiger partial charge is 0.271 e. The zero-order chi connectivity index (χ0) is 21.5. The van der Waals surface area contributed by atoms with Gasteiger partial charge in [-0.3, -0.25) is 9.59 Å². The van der Waals surface area contributed by atoms with Crippen LogP contribution in [0.5, 0.6) is 11.5 Å². The quantitative estimate of drug-likeness (QED) is 0.430. The molecule has 0 bridgehead atoms. The summed E-state index contributed by atoms with van der Waals surface area (Å²) in [6.07, 6.45) is 1.30. The maximum Gasteiger partial charge on any atom is 0.271 e. The molecular weight excluding hydrogens is 389 g/mol. The van der Waals surface area contributed by atoms with Crippen molar-refractivity contribution in [2.45, 2.75) is 0 Å². The second-order valence-electron chi connectivity index (χ2n) is 6.16. The van der Waals surface area contributed by atoms with Crippen molar-refractivity contribution >= 4 is 23.7 Å². The van der Waals surface area contributed by atoms with Crippen LogP contribution in [0.25, 0.3) is 0 Å². The number of nitrogens with zero attached hydrogens (tertiary/aromatic N) is 1. The van der Waals surface area contributed by atoms with Crippen LogP contribution in [0.3, 0.4) is 0 Å². The van der Waals surface area contributed by atoms with Gasteiger partial charge in [0.25, 0.3) is 11.8 Å². The van der Waals surface area contributed by atoms with E-state index in [1.807, 2.05) is 0 Å². The van der Waals surface area contributed by atoms with Crippen LogP contribution in [0.1, 0.15) is 26.3 Å². The van der Waals surface area contributed by atoms with Gasteiger partial charge in [0.05, 0.1) is 13.3 Å². The van der Waals surface area contributed by atoms with Crippen molar-refractivity contribution in [2.24, 2.45) is 5.10 Å². The van der Waals surface area contributed by atoms with E-state index in [1.165, 1.54) is 55.8 Å². The summed E-state index contributed by atoms with van der Waals surface area (Å²) in [4.78, 5) is 24.3. The predicted octanol–water partition coefficient (Wildman–Crippen LogP) is 3.56. The first-order valence-corrected chi connectivity index (χ1v) is 8.83. The van der Waals surface area contributed by atoms with Gasteiger partial charge in [-0.25, -0.2) is 9.82 Å². The van der Waals surface area contributed by atoms with Gasteiger partial charge >= 0.3 is 0 Å². The molecule has 0 aliphatic rings. The average Bonchev–Trinajstić information content (AvgIpc) is 2.76. The minimum Gasteiger partial charge on any atom is -0.507 e. The van der Waals surface area contributed by atoms with Gasteiger partial charge in [-0.15, -0.1) is 0 Å². The molecule has 0 saturated carbocycles. The highest BCUT2D eigenvalue weighted by molar-refractivity contribution is 6.04. The lowest BCUT2D eigenvalue weighted by molar-refractivity contribution is 0.0954. The zero-order valence-corrected chi connectivity index (χ0v) is 15.9. The minimum absolute atomic E-state index is 0.00459. The van der Waals surface area contributed by atoms with Crippen molar-refractivity contribution < 1.29 is 23.8 Å². The van der Waals surface area contributed by atoms with Gasteiger partial charge in [-0.2, -0.15) is 5.10 Å². The van der Waals surface area contributed by atoms with Gasteiger partial charge in [0.2, 0.25) is 0 Å². The Hall–Kier alpha value is -4.20. The normalized spacial score (nSPS) is 10.6. The summed E-state index contributed by atoms with van der Waals surface area (Å²) in [6, 6.07) is 16.0. The summed E-state index contributed by atoms with van der Waals surface area (Å²) in [5.41, 5.74) is 3.85. The predicted molar refractivity (Wildman–Crippen MR) is 111 cm³/mol. The molecule has 0 atom stereocenters. The third-order valence-corrected chi connectivity index (χ3v) is 4.12. The Kier molecular flexibility index (Phi) is 6.39. The van der Waals surface area contributed by atoms with E-state index >= 15 is 0 Å². The highest BCUT2D eigenvalue weighted by atomic mass is 19.1. The summed E-state index contributed by atoms with van der Waals surface area (Å²) in [7, 11) is 1.50. The molecule has 3 N–H and O–H groups in total. The molecule has 0 spiro atoms. The monoisotopic (exact) mass is 407 g/mol. The number of carbonyl (C=O) groups is 2. The number of phenols is 1. The third-order valence-electron chi connectivity index (χ3n) is 4.12. The molecule has 30 heavy (non-hydrogen) atoms. The van der Waals surface area contributed by atoms with E-state index < -0.39 is 17.6 Å². The second kappa shape index (κ2) is 9.33. The van der Waals surface area contributed by atoms with Crippen LogP contribution in [-0.2, 0) is 0 Å². The Bertz CT molecular complexity index is 1080. The number of benzene rings is 3. The number of nitrogens with one attached hydrogen (secondary N) is 2. The Labute approximate surface area is 171 Å². The molecule has 0 unspecified atom stereocenters. The van der Waals surface area contributed by atoms with Crippen molar-refractivity contribution in [1.29, 1.82) is 0 Å². The van der Waals surface area contributed by atoms with Gasteiger partial charge < -0.3 is 15.2 Å². The molecule has 2 amide bonds. The fourth-order valence-corrected chi connectivity index (χ4v) is 2.50. The van der Waals surface area contributed by atoms with E-state index in [2.05, 4.69) is 15.8 Å². The summed E-state index contributed by atoms with van der Waals surface area (Å²) in [6.45, 7) is 0. The van der Waals surface area contributed by atoms with Crippen LogP contribution in [0.2, 0.25) is 0 Å². The average molecular weight is 407 g/mol. The molecule has 0 heterocycles. The molecule has 3 aromatic rings. The number of rotatable bonds is 6. The molecule has 3 aromatic carbocycles. The van der Waals surface area contributed by atoms with E-state index in [-0.39, 0.29) is 5.75 Å². The first-order chi connectivity index (χ1) is 14.5. The number of aromatic hydroxyl groups is 1. The van der Waals surface area contributed by atoms with Crippen molar-refractivity contribution in [3.63, 3.8) is 0 Å². The lowest BCUT2D eigenvalue weighted by atomic mass is 10.1. The topological polar surface area (TPSA) is 100 Å². The number of anilines is 1. The lowest BCUT2D eigenvalue weighted by Gasteiger charge is -2.06. The molecular formula is C22H18FN3O4. The van der Waals surface area contributed by atoms with Crippen LogP contribution in [0.4, 0.5) is 10.1 Å². The number of methoxy groups -OCH3 is 1. The maximum absolute atomic E-state index is 12.9. The summed E-state index contributed by atoms with van der Waals surface area (Å²) in [5.74, 6) is -0.750. The highest BCUT2D eigenvalue weighted by Crippen LogP contribution is 2.21. The molecule has 0 fully saturated rings. The molecule has 0 aliphatic carbocycles. The van der Waals surface area contributed by atoms with Crippen LogP contribution >= 0.6 is 0 Å². The lowest BCUT2D eigenvalue weighted by Crippen LogP contribution is -2.18. The van der Waals surface area contributed by atoms with Crippen molar-refractivity contribution in [1.82, 2.24) is 5.43 Å². The number of carbonyl (C=O) groups excluding carboxylic acids is 2. The number of phenolic OH excluding ortho intramolecular Hbond substituents is 1. The fraction of sp³-hybridized carbons (Fsp3) is 0.0455. The first kappa shape index (κ1) is 20.5. The molecule has 0 radical (unpaired) electrons. The molecule has 0 saturated heterocycles. The van der Waals surface area contributed by atoms with E-state index in [0.29, 0.717) is 28.1 Å². The highest BCUT2D eigenvalue weighted by Gasteiger charge is 2.08. The van der Waals surface area contributed by atoms with E-state index in [0.717, 1.165) is 0 Å². The number of halogens is 1. The number of amides is 2. The van der Waals surface area contributed by atoms with Gasteiger partial charge in [0.15, 0.2) is 0 Å². The summed E-state index contributed by atoms with van der Waals surface area (Å²) < 4.78 is 18.0. The molecule has 8 heteroatoms. The number of hydrogen-bond acceptors (Lipinski definition) is 5. The van der Waals surface area contributed by atoms with E-state index in [1.54, 1.807) is 24.3 Å². The maximum atomic E-state index is 12.9. The van der Waals surface area contributed by atoms with Crippen LogP contribution < -0.4 is 15.5 Å². The standard InChI is InChI=1S/C22H18FN3O4/c1-30-19-10-11-20(27)16(12-19)13-24-26-22(29)15-4-8-18(9-5-15)25-21(28)14-2-6-17(23)7-3-14/h2-13,27H,1H3,(H,25,28)(H,26,29)/b24-13-. The van der Waals surface area contributed by atoms with Crippen LogP contribution in [0.15, 0.2) is 71.8 Å². The Morgan fingerprint density at radius 2 is 1.60 bits per heavy atom. The molecule has 152 valence electrons. The van der Waals surface area contributed by atoms with Gasteiger partial charge in [0, 0.05) is 22.4 Å². The summed E-state index contributed by atoms with van der Waals surface area (Å²) >= 11 is 0. The third kappa shape index (κ3) is 5.20. The zero-order valence-electron chi connectivity index (χ0n) is 15.9. The molecule has 3 rings (SSSR count). The van der Waals surface area contributed by atoms with Crippen molar-refractivity contribution in [3.8, 4) is 11.5 Å². The Morgan fingerprint density at radius 3 is 2.27 bits per heavy atom. The van der Waals surface area contributed by atoms with Crippen molar-refractivity contribution in [3.05, 3.63) is 89.2 Å². The SMILES string of the molecule is COc1ccc(O)c(/C=N\NC(=O)c2ccc(NC(=O)c3ccc(F)cc3)cc2)c1. The Balaban J connectivity index is 1.59. The largest absolute Gasteiger partial charge is 0.507 e. The molecule has 0 aliphatic heterocycles. The molecule has 7 nitrogen and oxygen atoms in total. The van der Waals surface area contributed by atoms with E-state index in [4.69, 9.17) is 4.74 Å². The van der Waals surface area contributed by atoms with Gasteiger partial charge in [0.1, 0.15) is 17.3 Å². The number of hydrazone groups is 1. The fourth-order valence-electron chi connectivity index (χ4n) is 2.50.